The highest BCUT2D eigenvalue weighted by atomic mass is 32.2. The van der Waals surface area contributed by atoms with Gasteiger partial charge in [0.2, 0.25) is 10.0 Å². The number of nitrogens with one attached hydrogen (secondary N) is 1. The topological polar surface area (TPSA) is 92.7 Å². The van der Waals surface area contributed by atoms with Gasteiger partial charge in [-0.15, -0.1) is 0 Å². The lowest BCUT2D eigenvalue weighted by atomic mass is 10.2. The van der Waals surface area contributed by atoms with E-state index in [1.165, 1.54) is 19.2 Å². The van der Waals surface area contributed by atoms with Gasteiger partial charge in [-0.1, -0.05) is 18.2 Å². The van der Waals surface area contributed by atoms with Gasteiger partial charge in [-0.3, -0.25) is 0 Å². The number of carbonyl (C=O) groups excluding carboxylic acids is 1. The van der Waals surface area contributed by atoms with Crippen LogP contribution in [-0.4, -0.2) is 26.5 Å². The lowest BCUT2D eigenvalue weighted by Gasteiger charge is -2.10. The zero-order chi connectivity index (χ0) is 15.5. The van der Waals surface area contributed by atoms with Crippen molar-refractivity contribution in [2.45, 2.75) is 4.90 Å². The van der Waals surface area contributed by atoms with Crippen LogP contribution in [0.5, 0.6) is 11.5 Å². The molecule has 0 saturated heterocycles. The van der Waals surface area contributed by atoms with Gasteiger partial charge in [-0.25, -0.2) is 17.9 Å². The molecular weight excluding hydrogens is 294 g/mol. The standard InChI is InChI=1S/C14H13NO5S/c1-15-21(18,19)13-9-11(16)7-8-12(13)20-14(17)10-5-3-2-4-6-10/h2-9,15-16H,1H3. The number of esters is 1. The number of phenolic OH excluding ortho intramolecular Hbond substituents is 1. The smallest absolute Gasteiger partial charge is 0.343 e. The van der Waals surface area contributed by atoms with Gasteiger partial charge in [0.05, 0.1) is 5.56 Å². The molecule has 7 heteroatoms. The number of rotatable bonds is 4. The van der Waals surface area contributed by atoms with Crippen LogP contribution in [0.3, 0.4) is 0 Å². The van der Waals surface area contributed by atoms with Crippen molar-refractivity contribution in [2.24, 2.45) is 0 Å². The molecule has 2 aromatic rings. The fourth-order valence-electron chi connectivity index (χ4n) is 1.63. The Morgan fingerprint density at radius 2 is 1.81 bits per heavy atom. The Morgan fingerprint density at radius 3 is 2.43 bits per heavy atom. The summed E-state index contributed by atoms with van der Waals surface area (Å²) in [5.41, 5.74) is 0.290. The van der Waals surface area contributed by atoms with Gasteiger partial charge in [-0.05, 0) is 31.3 Å². The van der Waals surface area contributed by atoms with Gasteiger partial charge < -0.3 is 9.84 Å². The van der Waals surface area contributed by atoms with Crippen molar-refractivity contribution >= 4 is 16.0 Å². The maximum atomic E-state index is 12.0. The van der Waals surface area contributed by atoms with E-state index in [4.69, 9.17) is 4.74 Å². The summed E-state index contributed by atoms with van der Waals surface area (Å²) < 4.78 is 31.0. The van der Waals surface area contributed by atoms with E-state index in [0.29, 0.717) is 5.56 Å². The summed E-state index contributed by atoms with van der Waals surface area (Å²) in [6, 6.07) is 11.7. The molecule has 6 nitrogen and oxygen atoms in total. The van der Waals surface area contributed by atoms with E-state index in [9.17, 15) is 18.3 Å². The first-order chi connectivity index (χ1) is 9.94. The molecule has 2 N–H and O–H groups in total. The Kier molecular flexibility index (Phi) is 4.25. The number of hydrogen-bond acceptors (Lipinski definition) is 5. The van der Waals surface area contributed by atoms with E-state index >= 15 is 0 Å². The van der Waals surface area contributed by atoms with E-state index in [1.54, 1.807) is 30.3 Å². The molecule has 0 aliphatic rings. The normalized spacial score (nSPS) is 11.1. The summed E-state index contributed by atoms with van der Waals surface area (Å²) in [6.07, 6.45) is 0. The van der Waals surface area contributed by atoms with Crippen molar-refractivity contribution in [2.75, 3.05) is 7.05 Å². The quantitative estimate of drug-likeness (QED) is 0.660. The van der Waals surface area contributed by atoms with Crippen LogP contribution in [0.15, 0.2) is 53.4 Å². The lowest BCUT2D eigenvalue weighted by Crippen LogP contribution is -2.20. The maximum Gasteiger partial charge on any atom is 0.343 e. The van der Waals surface area contributed by atoms with Crippen LogP contribution >= 0.6 is 0 Å². The van der Waals surface area contributed by atoms with Crippen LogP contribution in [-0.2, 0) is 10.0 Å². The van der Waals surface area contributed by atoms with E-state index < -0.39 is 16.0 Å². The first-order valence-corrected chi connectivity index (χ1v) is 7.46. The summed E-state index contributed by atoms with van der Waals surface area (Å²) in [7, 11) is -2.64. The summed E-state index contributed by atoms with van der Waals surface area (Å²) in [4.78, 5) is 11.7. The monoisotopic (exact) mass is 307 g/mol. The zero-order valence-electron chi connectivity index (χ0n) is 11.1. The molecule has 0 fully saturated rings. The largest absolute Gasteiger partial charge is 0.508 e. The van der Waals surface area contributed by atoms with Gasteiger partial charge in [0, 0.05) is 6.07 Å². The van der Waals surface area contributed by atoms with Crippen LogP contribution < -0.4 is 9.46 Å². The molecule has 0 aromatic heterocycles. The summed E-state index contributed by atoms with van der Waals surface area (Å²) >= 11 is 0. The second-order valence-corrected chi connectivity index (χ2v) is 5.95. The molecule has 0 radical (unpaired) electrons. The highest BCUT2D eigenvalue weighted by Crippen LogP contribution is 2.28. The number of benzene rings is 2. The predicted molar refractivity (Wildman–Crippen MR) is 75.8 cm³/mol. The Hall–Kier alpha value is -2.38. The first kappa shape index (κ1) is 15.0. The number of hydrogen-bond donors (Lipinski definition) is 2. The molecule has 0 aliphatic heterocycles. The minimum atomic E-state index is -3.87. The highest BCUT2D eigenvalue weighted by Gasteiger charge is 2.21. The number of sulfonamides is 1. The molecule has 0 heterocycles. The Balaban J connectivity index is 2.39. The van der Waals surface area contributed by atoms with Crippen molar-refractivity contribution in [1.29, 1.82) is 0 Å². The van der Waals surface area contributed by atoms with Gasteiger partial charge >= 0.3 is 5.97 Å². The predicted octanol–water partition coefficient (Wildman–Crippen LogP) is 1.52. The average molecular weight is 307 g/mol. The summed E-state index contributed by atoms with van der Waals surface area (Å²) in [5.74, 6) is -1.09. The molecular formula is C14H13NO5S. The van der Waals surface area contributed by atoms with Crippen LogP contribution in [0, 0.1) is 0 Å². The molecule has 21 heavy (non-hydrogen) atoms. The third-order valence-electron chi connectivity index (χ3n) is 2.70. The Labute approximate surface area is 122 Å². The van der Waals surface area contributed by atoms with Gasteiger partial charge in [0.15, 0.2) is 5.75 Å². The Bertz CT molecular complexity index is 756. The van der Waals surface area contributed by atoms with Crippen molar-refractivity contribution in [1.82, 2.24) is 4.72 Å². The van der Waals surface area contributed by atoms with Gasteiger partial charge in [0.1, 0.15) is 10.6 Å². The second-order valence-electron chi connectivity index (χ2n) is 4.09. The molecule has 0 unspecified atom stereocenters. The maximum absolute atomic E-state index is 12.0. The van der Waals surface area contributed by atoms with E-state index in [0.717, 1.165) is 6.07 Å². The van der Waals surface area contributed by atoms with E-state index in [-0.39, 0.29) is 16.4 Å². The van der Waals surface area contributed by atoms with Gasteiger partial charge in [-0.2, -0.15) is 0 Å². The molecule has 2 aromatic carbocycles. The average Bonchev–Trinajstić information content (AvgIpc) is 2.49. The second kappa shape index (κ2) is 5.94. The van der Waals surface area contributed by atoms with Crippen LogP contribution in [0.4, 0.5) is 0 Å². The summed E-state index contributed by atoms with van der Waals surface area (Å²) in [6.45, 7) is 0. The fraction of sp³-hybridized carbons (Fsp3) is 0.0714. The van der Waals surface area contributed by atoms with Crippen LogP contribution in [0.25, 0.3) is 0 Å². The SMILES string of the molecule is CNS(=O)(=O)c1cc(O)ccc1OC(=O)c1ccccc1. The molecule has 0 spiro atoms. The number of carbonyl (C=O) groups is 1. The Morgan fingerprint density at radius 1 is 1.14 bits per heavy atom. The van der Waals surface area contributed by atoms with Crippen LogP contribution in [0.2, 0.25) is 0 Å². The number of aromatic hydroxyl groups is 1. The third-order valence-corrected chi connectivity index (χ3v) is 4.13. The number of ether oxygens (including phenoxy) is 1. The van der Waals surface area contributed by atoms with E-state index in [1.807, 2.05) is 0 Å². The number of phenols is 1. The minimum Gasteiger partial charge on any atom is -0.508 e. The zero-order valence-corrected chi connectivity index (χ0v) is 11.9. The van der Waals surface area contributed by atoms with Gasteiger partial charge in [0.25, 0.3) is 0 Å². The van der Waals surface area contributed by atoms with Crippen molar-refractivity contribution < 1.29 is 23.1 Å². The molecule has 110 valence electrons. The summed E-state index contributed by atoms with van der Waals surface area (Å²) in [5, 5.41) is 9.41. The molecule has 0 saturated carbocycles. The fourth-order valence-corrected chi connectivity index (χ4v) is 2.50. The van der Waals surface area contributed by atoms with Crippen LogP contribution in [0.1, 0.15) is 10.4 Å². The molecule has 2 rings (SSSR count). The van der Waals surface area contributed by atoms with E-state index in [2.05, 4.69) is 4.72 Å². The van der Waals surface area contributed by atoms with Crippen molar-refractivity contribution in [3.8, 4) is 11.5 Å². The minimum absolute atomic E-state index is 0.156. The van der Waals surface area contributed by atoms with Crippen molar-refractivity contribution in [3.63, 3.8) is 0 Å². The molecule has 0 atom stereocenters. The highest BCUT2D eigenvalue weighted by molar-refractivity contribution is 7.89. The van der Waals surface area contributed by atoms with Crippen molar-refractivity contribution in [3.05, 3.63) is 54.1 Å². The lowest BCUT2D eigenvalue weighted by molar-refractivity contribution is 0.0730. The molecule has 0 aliphatic carbocycles. The molecule has 0 bridgehead atoms. The molecule has 0 amide bonds. The first-order valence-electron chi connectivity index (χ1n) is 5.98. The third kappa shape index (κ3) is 3.39.